The predicted octanol–water partition coefficient (Wildman–Crippen LogP) is 3.69. The highest BCUT2D eigenvalue weighted by molar-refractivity contribution is 6.10. The van der Waals surface area contributed by atoms with Crippen molar-refractivity contribution in [2.24, 2.45) is 0 Å². The summed E-state index contributed by atoms with van der Waals surface area (Å²) in [6.07, 6.45) is 2.44. The highest BCUT2D eigenvalue weighted by atomic mass is 16.5. The van der Waals surface area contributed by atoms with Crippen LogP contribution >= 0.6 is 0 Å². The maximum Gasteiger partial charge on any atom is 0.338 e. The number of likely N-dealkylation sites (tertiary alicyclic amines) is 1. The summed E-state index contributed by atoms with van der Waals surface area (Å²) in [6.45, 7) is 5.04. The van der Waals surface area contributed by atoms with Crippen molar-refractivity contribution in [1.82, 2.24) is 4.90 Å². The first kappa shape index (κ1) is 17.4. The second-order valence-corrected chi connectivity index (χ2v) is 6.27. The van der Waals surface area contributed by atoms with Crippen molar-refractivity contribution in [3.63, 3.8) is 0 Å². The van der Waals surface area contributed by atoms with E-state index in [1.165, 1.54) is 12.8 Å². The fraction of sp³-hybridized carbons (Fsp3) is 0.333. The number of carbonyl (C=O) groups excluding carboxylic acids is 2. The molecular formula is C21H23NO3. The molecule has 0 N–H and O–H groups in total. The maximum atomic E-state index is 13.0. The number of carbonyl (C=O) groups is 2. The Morgan fingerprint density at radius 3 is 2.48 bits per heavy atom. The third kappa shape index (κ3) is 4.15. The Labute approximate surface area is 148 Å². The van der Waals surface area contributed by atoms with E-state index in [2.05, 4.69) is 4.90 Å². The topological polar surface area (TPSA) is 46.6 Å². The lowest BCUT2D eigenvalue weighted by molar-refractivity contribution is 0.0526. The first-order valence-electron chi connectivity index (χ1n) is 8.81. The summed E-state index contributed by atoms with van der Waals surface area (Å²) in [4.78, 5) is 27.3. The summed E-state index contributed by atoms with van der Waals surface area (Å²) in [5.41, 5.74) is 2.66. The van der Waals surface area contributed by atoms with E-state index in [1.807, 2.05) is 24.3 Å². The molecule has 1 aliphatic heterocycles. The zero-order chi connectivity index (χ0) is 17.6. The van der Waals surface area contributed by atoms with E-state index in [-0.39, 0.29) is 5.78 Å². The predicted molar refractivity (Wildman–Crippen MR) is 96.8 cm³/mol. The molecule has 0 radical (unpaired) electrons. The number of ether oxygens (including phenoxy) is 1. The Hall–Kier alpha value is -2.46. The lowest BCUT2D eigenvalue weighted by Crippen LogP contribution is -2.20. The lowest BCUT2D eigenvalue weighted by atomic mass is 9.97. The first-order chi connectivity index (χ1) is 12.2. The Bertz CT molecular complexity index is 763. The fourth-order valence-electron chi connectivity index (χ4n) is 3.22. The van der Waals surface area contributed by atoms with Gasteiger partial charge in [-0.25, -0.2) is 4.79 Å². The minimum Gasteiger partial charge on any atom is -0.462 e. The maximum absolute atomic E-state index is 13.0. The first-order valence-corrected chi connectivity index (χ1v) is 8.81. The second-order valence-electron chi connectivity index (χ2n) is 6.27. The number of esters is 1. The molecule has 2 aromatic carbocycles. The van der Waals surface area contributed by atoms with Gasteiger partial charge < -0.3 is 4.74 Å². The molecule has 0 aliphatic carbocycles. The smallest absolute Gasteiger partial charge is 0.338 e. The van der Waals surface area contributed by atoms with E-state index >= 15 is 0 Å². The van der Waals surface area contributed by atoms with Gasteiger partial charge in [0, 0.05) is 17.7 Å². The van der Waals surface area contributed by atoms with Gasteiger partial charge in [-0.1, -0.05) is 36.4 Å². The van der Waals surface area contributed by atoms with Gasteiger partial charge in [0.15, 0.2) is 5.78 Å². The minimum absolute atomic E-state index is 0.0547. The standard InChI is InChI=1S/C21H23NO3/c1-2-25-21(24)17-10-7-9-16(14-17)20(23)19-11-4-3-8-18(19)15-22-12-5-6-13-22/h3-4,7-11,14H,2,5-6,12-13,15H2,1H3. The van der Waals surface area contributed by atoms with Crippen LogP contribution in [0, 0.1) is 0 Å². The van der Waals surface area contributed by atoms with Gasteiger partial charge in [0.1, 0.15) is 0 Å². The normalized spacial score (nSPS) is 14.4. The minimum atomic E-state index is -0.400. The van der Waals surface area contributed by atoms with Gasteiger partial charge in [-0.05, 0) is 50.6 Å². The molecule has 0 atom stereocenters. The monoisotopic (exact) mass is 337 g/mol. The van der Waals surface area contributed by atoms with Gasteiger partial charge in [0.2, 0.25) is 0 Å². The molecule has 0 saturated carbocycles. The quantitative estimate of drug-likeness (QED) is 0.596. The van der Waals surface area contributed by atoms with Crippen LogP contribution in [0.25, 0.3) is 0 Å². The Balaban J connectivity index is 1.85. The van der Waals surface area contributed by atoms with Gasteiger partial charge in [0.05, 0.1) is 12.2 Å². The molecule has 0 spiro atoms. The molecule has 25 heavy (non-hydrogen) atoms. The van der Waals surface area contributed by atoms with Crippen molar-refractivity contribution in [2.75, 3.05) is 19.7 Å². The van der Waals surface area contributed by atoms with Crippen molar-refractivity contribution < 1.29 is 14.3 Å². The molecule has 1 fully saturated rings. The van der Waals surface area contributed by atoms with Gasteiger partial charge >= 0.3 is 5.97 Å². The summed E-state index contributed by atoms with van der Waals surface area (Å²) in [6, 6.07) is 14.5. The molecule has 1 saturated heterocycles. The van der Waals surface area contributed by atoms with Crippen LogP contribution < -0.4 is 0 Å². The number of rotatable bonds is 6. The highest BCUT2D eigenvalue weighted by Gasteiger charge is 2.18. The second kappa shape index (κ2) is 8.08. The molecule has 0 amide bonds. The summed E-state index contributed by atoms with van der Waals surface area (Å²) in [7, 11) is 0. The molecule has 4 nitrogen and oxygen atoms in total. The average Bonchev–Trinajstić information content (AvgIpc) is 3.15. The summed E-state index contributed by atoms with van der Waals surface area (Å²) in [5, 5.41) is 0. The Morgan fingerprint density at radius 1 is 1.00 bits per heavy atom. The largest absolute Gasteiger partial charge is 0.462 e. The van der Waals surface area contributed by atoms with E-state index in [9.17, 15) is 9.59 Å². The third-order valence-corrected chi connectivity index (χ3v) is 4.49. The van der Waals surface area contributed by atoms with Crippen LogP contribution in [0.5, 0.6) is 0 Å². The number of hydrogen-bond acceptors (Lipinski definition) is 4. The number of hydrogen-bond donors (Lipinski definition) is 0. The van der Waals surface area contributed by atoms with Gasteiger partial charge in [-0.3, -0.25) is 9.69 Å². The van der Waals surface area contributed by atoms with Crippen LogP contribution in [0.4, 0.5) is 0 Å². The molecule has 3 rings (SSSR count). The number of benzene rings is 2. The summed E-state index contributed by atoms with van der Waals surface area (Å²) in [5.74, 6) is -0.455. The Morgan fingerprint density at radius 2 is 1.72 bits per heavy atom. The SMILES string of the molecule is CCOC(=O)c1cccc(C(=O)c2ccccc2CN2CCCC2)c1. The van der Waals surface area contributed by atoms with E-state index in [4.69, 9.17) is 4.74 Å². The van der Waals surface area contributed by atoms with Gasteiger partial charge in [-0.15, -0.1) is 0 Å². The van der Waals surface area contributed by atoms with Crippen LogP contribution in [0.1, 0.15) is 51.6 Å². The van der Waals surface area contributed by atoms with Crippen molar-refractivity contribution in [1.29, 1.82) is 0 Å². The van der Waals surface area contributed by atoms with Crippen LogP contribution in [0.15, 0.2) is 48.5 Å². The molecule has 2 aromatic rings. The molecule has 1 aliphatic rings. The number of nitrogens with zero attached hydrogens (tertiary/aromatic N) is 1. The average molecular weight is 337 g/mol. The molecule has 0 bridgehead atoms. The zero-order valence-electron chi connectivity index (χ0n) is 14.5. The van der Waals surface area contributed by atoms with Crippen molar-refractivity contribution in [2.45, 2.75) is 26.3 Å². The van der Waals surface area contributed by atoms with Crippen LogP contribution in [-0.2, 0) is 11.3 Å². The van der Waals surface area contributed by atoms with Crippen molar-refractivity contribution >= 4 is 11.8 Å². The third-order valence-electron chi connectivity index (χ3n) is 4.49. The zero-order valence-corrected chi connectivity index (χ0v) is 14.5. The molecule has 0 aromatic heterocycles. The molecule has 1 heterocycles. The lowest BCUT2D eigenvalue weighted by Gasteiger charge is -2.17. The van der Waals surface area contributed by atoms with Crippen LogP contribution in [-0.4, -0.2) is 36.3 Å². The summed E-state index contributed by atoms with van der Waals surface area (Å²) >= 11 is 0. The molecule has 0 unspecified atom stereocenters. The molecular weight excluding hydrogens is 314 g/mol. The van der Waals surface area contributed by atoms with Crippen molar-refractivity contribution in [3.05, 3.63) is 70.8 Å². The number of ketones is 1. The fourth-order valence-corrected chi connectivity index (χ4v) is 3.22. The molecule has 4 heteroatoms. The van der Waals surface area contributed by atoms with Crippen LogP contribution in [0.2, 0.25) is 0 Å². The van der Waals surface area contributed by atoms with Gasteiger partial charge in [0.25, 0.3) is 0 Å². The summed E-state index contributed by atoms with van der Waals surface area (Å²) < 4.78 is 5.02. The molecule has 130 valence electrons. The van der Waals surface area contributed by atoms with E-state index < -0.39 is 5.97 Å². The Kier molecular flexibility index (Phi) is 5.61. The van der Waals surface area contributed by atoms with Gasteiger partial charge in [-0.2, -0.15) is 0 Å². The van der Waals surface area contributed by atoms with E-state index in [0.29, 0.717) is 23.3 Å². The van der Waals surface area contributed by atoms with Crippen LogP contribution in [0.3, 0.4) is 0 Å². The van der Waals surface area contributed by atoms with E-state index in [1.54, 1.807) is 31.2 Å². The van der Waals surface area contributed by atoms with E-state index in [0.717, 1.165) is 25.2 Å². The highest BCUT2D eigenvalue weighted by Crippen LogP contribution is 2.20. The van der Waals surface area contributed by atoms with Crippen molar-refractivity contribution in [3.8, 4) is 0 Å².